The number of anilines is 1. The first-order valence-corrected chi connectivity index (χ1v) is 6.19. The fraction of sp³-hybridized carbons (Fsp3) is 0.133. The third-order valence-electron chi connectivity index (χ3n) is 3.11. The molecule has 0 saturated carbocycles. The second kappa shape index (κ2) is 5.02. The molecule has 0 aliphatic heterocycles. The summed E-state index contributed by atoms with van der Waals surface area (Å²) >= 11 is 0. The second-order valence-electron chi connectivity index (χ2n) is 4.27. The van der Waals surface area contributed by atoms with Crippen molar-refractivity contribution in [3.8, 4) is 0 Å². The maximum atomic E-state index is 4.41. The Balaban J connectivity index is 2.06. The predicted octanol–water partition coefficient (Wildman–Crippen LogP) is 2.66. The van der Waals surface area contributed by atoms with Crippen LogP contribution in [0.25, 0.3) is 10.9 Å². The van der Waals surface area contributed by atoms with Crippen molar-refractivity contribution in [1.82, 2.24) is 15.0 Å². The first-order chi connectivity index (χ1) is 9.38. The topological polar surface area (TPSA) is 50.7 Å². The zero-order chi connectivity index (χ0) is 13.1. The van der Waals surface area contributed by atoms with Crippen molar-refractivity contribution in [3.05, 3.63) is 60.2 Å². The summed E-state index contributed by atoms with van der Waals surface area (Å²) < 4.78 is 0. The normalized spacial score (nSPS) is 10.6. The Kier molecular flexibility index (Phi) is 3.06. The van der Waals surface area contributed by atoms with E-state index in [1.165, 1.54) is 5.56 Å². The molecule has 0 unspecified atom stereocenters. The summed E-state index contributed by atoms with van der Waals surface area (Å²) in [6.45, 7) is 0. The Labute approximate surface area is 111 Å². The van der Waals surface area contributed by atoms with Gasteiger partial charge >= 0.3 is 0 Å². The van der Waals surface area contributed by atoms with E-state index in [4.69, 9.17) is 0 Å². The Morgan fingerprint density at radius 1 is 0.947 bits per heavy atom. The molecule has 1 aromatic carbocycles. The van der Waals surface area contributed by atoms with Crippen molar-refractivity contribution < 1.29 is 0 Å². The number of hydrogen-bond donors (Lipinski definition) is 1. The third-order valence-corrected chi connectivity index (χ3v) is 3.11. The van der Waals surface area contributed by atoms with E-state index in [0.717, 1.165) is 28.8 Å². The van der Waals surface area contributed by atoms with Gasteiger partial charge in [-0.1, -0.05) is 18.2 Å². The lowest BCUT2D eigenvalue weighted by molar-refractivity contribution is 1.03. The molecule has 2 aromatic heterocycles. The Morgan fingerprint density at radius 3 is 2.68 bits per heavy atom. The average molecular weight is 250 g/mol. The number of benzene rings is 1. The van der Waals surface area contributed by atoms with E-state index in [9.17, 15) is 0 Å². The largest absolute Gasteiger partial charge is 0.372 e. The molecular weight excluding hydrogens is 236 g/mol. The van der Waals surface area contributed by atoms with Gasteiger partial charge in [0.1, 0.15) is 5.82 Å². The van der Waals surface area contributed by atoms with Crippen LogP contribution in [0.15, 0.2) is 48.9 Å². The van der Waals surface area contributed by atoms with Gasteiger partial charge < -0.3 is 5.32 Å². The van der Waals surface area contributed by atoms with Gasteiger partial charge in [0.2, 0.25) is 0 Å². The molecule has 0 radical (unpaired) electrons. The minimum absolute atomic E-state index is 0.743. The summed E-state index contributed by atoms with van der Waals surface area (Å²) in [6, 6.07) is 10.2. The van der Waals surface area contributed by atoms with Gasteiger partial charge in [0.05, 0.1) is 11.2 Å². The van der Waals surface area contributed by atoms with Crippen molar-refractivity contribution in [2.45, 2.75) is 6.42 Å². The average Bonchev–Trinajstić information content (AvgIpc) is 2.48. The number of rotatable bonds is 3. The van der Waals surface area contributed by atoms with E-state index < -0.39 is 0 Å². The fourth-order valence-electron chi connectivity index (χ4n) is 2.19. The van der Waals surface area contributed by atoms with Gasteiger partial charge in [-0.3, -0.25) is 9.97 Å². The van der Waals surface area contributed by atoms with Crippen molar-refractivity contribution in [1.29, 1.82) is 0 Å². The number of pyridine rings is 1. The molecule has 0 fully saturated rings. The molecule has 2 heterocycles. The smallest absolute Gasteiger partial charge is 0.147 e. The summed E-state index contributed by atoms with van der Waals surface area (Å²) in [6.07, 6.45) is 6.00. The molecule has 0 aliphatic rings. The number of fused-ring (bicyclic) bond motifs is 1. The minimum Gasteiger partial charge on any atom is -0.372 e. The minimum atomic E-state index is 0.743. The maximum Gasteiger partial charge on any atom is 0.147 e. The van der Waals surface area contributed by atoms with E-state index in [1.807, 2.05) is 37.5 Å². The van der Waals surface area contributed by atoms with Crippen LogP contribution in [-0.2, 0) is 6.42 Å². The molecule has 3 rings (SSSR count). The molecule has 94 valence electrons. The van der Waals surface area contributed by atoms with E-state index in [1.54, 1.807) is 12.4 Å². The van der Waals surface area contributed by atoms with Crippen LogP contribution in [0.4, 0.5) is 5.82 Å². The maximum absolute atomic E-state index is 4.41. The van der Waals surface area contributed by atoms with Crippen LogP contribution in [0.1, 0.15) is 11.3 Å². The van der Waals surface area contributed by atoms with Gasteiger partial charge in [0, 0.05) is 37.4 Å². The molecule has 4 heteroatoms. The van der Waals surface area contributed by atoms with Crippen molar-refractivity contribution in [2.75, 3.05) is 12.4 Å². The highest BCUT2D eigenvalue weighted by Crippen LogP contribution is 2.20. The Bertz CT molecular complexity index is 704. The highest BCUT2D eigenvalue weighted by atomic mass is 15.0. The van der Waals surface area contributed by atoms with Gasteiger partial charge in [-0.2, -0.15) is 0 Å². The Morgan fingerprint density at radius 2 is 1.79 bits per heavy atom. The zero-order valence-electron chi connectivity index (χ0n) is 10.7. The molecule has 0 aliphatic carbocycles. The number of aromatic nitrogens is 3. The number of nitrogens with zero attached hydrogens (tertiary/aromatic N) is 3. The van der Waals surface area contributed by atoms with Gasteiger partial charge in [0.25, 0.3) is 0 Å². The van der Waals surface area contributed by atoms with Crippen molar-refractivity contribution >= 4 is 16.7 Å². The van der Waals surface area contributed by atoms with Crippen LogP contribution >= 0.6 is 0 Å². The molecule has 3 aromatic rings. The molecule has 4 nitrogen and oxygen atoms in total. The fourth-order valence-corrected chi connectivity index (χ4v) is 2.19. The number of hydrogen-bond acceptors (Lipinski definition) is 4. The monoisotopic (exact) mass is 250 g/mol. The third kappa shape index (κ3) is 2.25. The standard InChI is InChI=1S/C15H14N4/c1-16-15-14(18-8-9-19-15)10-11-6-7-17-13-5-3-2-4-12(11)13/h2-9H,10H2,1H3,(H,16,19). The highest BCUT2D eigenvalue weighted by molar-refractivity contribution is 5.82. The number of para-hydroxylation sites is 1. The molecule has 0 spiro atoms. The molecule has 0 amide bonds. The molecule has 0 saturated heterocycles. The van der Waals surface area contributed by atoms with Crippen molar-refractivity contribution in [2.24, 2.45) is 0 Å². The van der Waals surface area contributed by atoms with Gasteiger partial charge in [-0.15, -0.1) is 0 Å². The van der Waals surface area contributed by atoms with Crippen molar-refractivity contribution in [3.63, 3.8) is 0 Å². The highest BCUT2D eigenvalue weighted by Gasteiger charge is 2.07. The van der Waals surface area contributed by atoms with E-state index in [-0.39, 0.29) is 0 Å². The summed E-state index contributed by atoms with van der Waals surface area (Å²) in [5.74, 6) is 0.823. The molecule has 0 bridgehead atoms. The summed E-state index contributed by atoms with van der Waals surface area (Å²) in [4.78, 5) is 13.1. The lowest BCUT2D eigenvalue weighted by Crippen LogP contribution is -2.02. The van der Waals surface area contributed by atoms with Gasteiger partial charge in [0.15, 0.2) is 0 Å². The quantitative estimate of drug-likeness (QED) is 0.776. The number of nitrogens with one attached hydrogen (secondary N) is 1. The van der Waals surface area contributed by atoms with Crippen LogP contribution < -0.4 is 5.32 Å². The van der Waals surface area contributed by atoms with E-state index in [0.29, 0.717) is 0 Å². The van der Waals surface area contributed by atoms with E-state index in [2.05, 4.69) is 26.3 Å². The first-order valence-electron chi connectivity index (χ1n) is 6.19. The SMILES string of the molecule is CNc1nccnc1Cc1ccnc2ccccc12. The molecule has 1 N–H and O–H groups in total. The van der Waals surface area contributed by atoms with Crippen LogP contribution in [0, 0.1) is 0 Å². The summed E-state index contributed by atoms with van der Waals surface area (Å²) in [7, 11) is 1.86. The first kappa shape index (κ1) is 11.6. The lowest BCUT2D eigenvalue weighted by Gasteiger charge is -2.08. The van der Waals surface area contributed by atoms with Crippen LogP contribution in [0.3, 0.4) is 0 Å². The van der Waals surface area contributed by atoms with Gasteiger partial charge in [-0.05, 0) is 17.7 Å². The zero-order valence-corrected chi connectivity index (χ0v) is 10.7. The van der Waals surface area contributed by atoms with Gasteiger partial charge in [-0.25, -0.2) is 4.98 Å². The Hall–Kier alpha value is -2.49. The second-order valence-corrected chi connectivity index (χ2v) is 4.27. The molecular formula is C15H14N4. The molecule has 19 heavy (non-hydrogen) atoms. The summed E-state index contributed by atoms with van der Waals surface area (Å²) in [5, 5.41) is 4.24. The molecule has 0 atom stereocenters. The summed E-state index contributed by atoms with van der Waals surface area (Å²) in [5.41, 5.74) is 3.17. The van der Waals surface area contributed by atoms with Crippen LogP contribution in [-0.4, -0.2) is 22.0 Å². The lowest BCUT2D eigenvalue weighted by atomic mass is 10.0. The van der Waals surface area contributed by atoms with Crippen LogP contribution in [0.2, 0.25) is 0 Å². The van der Waals surface area contributed by atoms with E-state index >= 15 is 0 Å². The van der Waals surface area contributed by atoms with Crippen LogP contribution in [0.5, 0.6) is 0 Å². The predicted molar refractivity (Wildman–Crippen MR) is 76.1 cm³/mol.